The van der Waals surface area contributed by atoms with Gasteiger partial charge in [-0.3, -0.25) is 0 Å². The largest absolute Gasteiger partial charge is 0.492 e. The lowest BCUT2D eigenvalue weighted by atomic mass is 10.2. The molecule has 2 amide bonds. The van der Waals surface area contributed by atoms with Crippen LogP contribution < -0.4 is 10.1 Å². The summed E-state index contributed by atoms with van der Waals surface area (Å²) in [7, 11) is 1.81. The SMILES string of the molecule is CC(C1CC1)N(C)C(=O)NCCOc1cccc(F)c1. The molecule has 1 fully saturated rings. The van der Waals surface area contributed by atoms with Crippen molar-refractivity contribution in [3.8, 4) is 5.75 Å². The minimum Gasteiger partial charge on any atom is -0.492 e. The smallest absolute Gasteiger partial charge is 0.317 e. The van der Waals surface area contributed by atoms with Crippen molar-refractivity contribution in [2.75, 3.05) is 20.2 Å². The van der Waals surface area contributed by atoms with Crippen LogP contribution in [0, 0.1) is 11.7 Å². The molecule has 1 aliphatic rings. The third-order valence-corrected chi connectivity index (χ3v) is 3.68. The number of amides is 2. The summed E-state index contributed by atoms with van der Waals surface area (Å²) in [4.78, 5) is 13.6. The van der Waals surface area contributed by atoms with Crippen LogP contribution in [0.1, 0.15) is 19.8 Å². The van der Waals surface area contributed by atoms with E-state index in [2.05, 4.69) is 12.2 Å². The predicted molar refractivity (Wildman–Crippen MR) is 75.2 cm³/mol. The quantitative estimate of drug-likeness (QED) is 0.814. The molecule has 1 N–H and O–H groups in total. The molecule has 0 aliphatic heterocycles. The van der Waals surface area contributed by atoms with Crippen LogP contribution >= 0.6 is 0 Å². The Labute approximate surface area is 118 Å². The molecule has 0 aromatic heterocycles. The van der Waals surface area contributed by atoms with E-state index in [1.54, 1.807) is 17.0 Å². The molecule has 0 heterocycles. The fourth-order valence-electron chi connectivity index (χ4n) is 2.09. The molecule has 2 rings (SSSR count). The summed E-state index contributed by atoms with van der Waals surface area (Å²) in [6.07, 6.45) is 2.42. The molecule has 0 spiro atoms. The maximum Gasteiger partial charge on any atom is 0.317 e. The van der Waals surface area contributed by atoms with E-state index in [1.165, 1.54) is 25.0 Å². The average molecular weight is 280 g/mol. The monoisotopic (exact) mass is 280 g/mol. The van der Waals surface area contributed by atoms with Crippen LogP contribution in [0.4, 0.5) is 9.18 Å². The van der Waals surface area contributed by atoms with E-state index in [0.717, 1.165) is 0 Å². The highest BCUT2D eigenvalue weighted by Crippen LogP contribution is 2.34. The van der Waals surface area contributed by atoms with Gasteiger partial charge in [0, 0.05) is 19.2 Å². The highest BCUT2D eigenvalue weighted by molar-refractivity contribution is 5.74. The van der Waals surface area contributed by atoms with Gasteiger partial charge in [-0.15, -0.1) is 0 Å². The Morgan fingerprint density at radius 2 is 2.30 bits per heavy atom. The van der Waals surface area contributed by atoms with Gasteiger partial charge in [0.2, 0.25) is 0 Å². The Morgan fingerprint density at radius 3 is 2.95 bits per heavy atom. The number of nitrogens with one attached hydrogen (secondary N) is 1. The van der Waals surface area contributed by atoms with Crippen LogP contribution in [0.2, 0.25) is 0 Å². The van der Waals surface area contributed by atoms with Crippen molar-refractivity contribution in [1.82, 2.24) is 10.2 Å². The lowest BCUT2D eigenvalue weighted by Gasteiger charge is -2.25. The van der Waals surface area contributed by atoms with Gasteiger partial charge >= 0.3 is 6.03 Å². The second kappa shape index (κ2) is 6.59. The normalized spacial score (nSPS) is 15.6. The van der Waals surface area contributed by atoms with Crippen LogP contribution in [0.5, 0.6) is 5.75 Å². The minimum atomic E-state index is -0.329. The maximum absolute atomic E-state index is 12.9. The zero-order valence-corrected chi connectivity index (χ0v) is 11.9. The topological polar surface area (TPSA) is 41.6 Å². The van der Waals surface area contributed by atoms with Crippen LogP contribution in [-0.2, 0) is 0 Å². The van der Waals surface area contributed by atoms with E-state index in [4.69, 9.17) is 4.74 Å². The zero-order chi connectivity index (χ0) is 14.5. The standard InChI is InChI=1S/C15H21FN2O2/c1-11(12-6-7-12)18(2)15(19)17-8-9-20-14-5-3-4-13(16)10-14/h3-5,10-12H,6-9H2,1-2H3,(H,17,19). The number of hydrogen-bond donors (Lipinski definition) is 1. The minimum absolute atomic E-state index is 0.0905. The number of urea groups is 1. The zero-order valence-electron chi connectivity index (χ0n) is 11.9. The van der Waals surface area contributed by atoms with Gasteiger partial charge in [-0.05, 0) is 37.8 Å². The van der Waals surface area contributed by atoms with Gasteiger partial charge in [0.25, 0.3) is 0 Å². The molecule has 5 heteroatoms. The van der Waals surface area contributed by atoms with Crippen LogP contribution in [-0.4, -0.2) is 37.2 Å². The summed E-state index contributed by atoms with van der Waals surface area (Å²) < 4.78 is 18.3. The first-order valence-electron chi connectivity index (χ1n) is 6.97. The number of ether oxygens (including phenoxy) is 1. The van der Waals surface area contributed by atoms with Gasteiger partial charge in [0.05, 0.1) is 6.54 Å². The maximum atomic E-state index is 12.9. The number of nitrogens with zero attached hydrogens (tertiary/aromatic N) is 1. The molecule has 20 heavy (non-hydrogen) atoms. The van der Waals surface area contributed by atoms with Gasteiger partial charge in [-0.1, -0.05) is 6.07 Å². The molecular weight excluding hydrogens is 259 g/mol. The van der Waals surface area contributed by atoms with E-state index >= 15 is 0 Å². The van der Waals surface area contributed by atoms with Crippen molar-refractivity contribution in [3.63, 3.8) is 0 Å². The molecule has 1 saturated carbocycles. The Kier molecular flexibility index (Phi) is 4.82. The number of carbonyl (C=O) groups is 1. The van der Waals surface area contributed by atoms with Crippen molar-refractivity contribution >= 4 is 6.03 Å². The number of benzene rings is 1. The molecule has 1 aliphatic carbocycles. The van der Waals surface area contributed by atoms with Gasteiger partial charge < -0.3 is 15.0 Å². The molecule has 4 nitrogen and oxygen atoms in total. The Balaban J connectivity index is 1.66. The molecular formula is C15H21FN2O2. The molecule has 110 valence electrons. The second-order valence-corrected chi connectivity index (χ2v) is 5.23. The van der Waals surface area contributed by atoms with E-state index in [-0.39, 0.29) is 17.9 Å². The van der Waals surface area contributed by atoms with Crippen molar-refractivity contribution in [2.24, 2.45) is 5.92 Å². The Bertz CT molecular complexity index is 463. The predicted octanol–water partition coefficient (Wildman–Crippen LogP) is 2.64. The number of hydrogen-bond acceptors (Lipinski definition) is 2. The molecule has 1 aromatic rings. The Morgan fingerprint density at radius 1 is 1.55 bits per heavy atom. The molecule has 0 bridgehead atoms. The molecule has 0 radical (unpaired) electrons. The third-order valence-electron chi connectivity index (χ3n) is 3.68. The number of halogens is 1. The summed E-state index contributed by atoms with van der Waals surface area (Å²) in [6, 6.07) is 6.15. The van der Waals surface area contributed by atoms with Gasteiger partial charge in [0.15, 0.2) is 0 Å². The van der Waals surface area contributed by atoms with Gasteiger partial charge in [0.1, 0.15) is 18.2 Å². The first-order valence-corrected chi connectivity index (χ1v) is 6.97. The fraction of sp³-hybridized carbons (Fsp3) is 0.533. The third kappa shape index (κ3) is 4.11. The van der Waals surface area contributed by atoms with Crippen molar-refractivity contribution in [2.45, 2.75) is 25.8 Å². The summed E-state index contributed by atoms with van der Waals surface area (Å²) in [6.45, 7) is 2.79. The highest BCUT2D eigenvalue weighted by atomic mass is 19.1. The van der Waals surface area contributed by atoms with Crippen LogP contribution in [0.25, 0.3) is 0 Å². The first kappa shape index (κ1) is 14.6. The van der Waals surface area contributed by atoms with E-state index in [9.17, 15) is 9.18 Å². The van der Waals surface area contributed by atoms with Crippen molar-refractivity contribution in [3.05, 3.63) is 30.1 Å². The molecule has 0 saturated heterocycles. The van der Waals surface area contributed by atoms with Crippen LogP contribution in [0.3, 0.4) is 0 Å². The van der Waals surface area contributed by atoms with E-state index < -0.39 is 0 Å². The lowest BCUT2D eigenvalue weighted by molar-refractivity contribution is 0.185. The number of carbonyl (C=O) groups excluding carboxylic acids is 1. The summed E-state index contributed by atoms with van der Waals surface area (Å²) >= 11 is 0. The lowest BCUT2D eigenvalue weighted by Crippen LogP contribution is -2.44. The summed E-state index contributed by atoms with van der Waals surface area (Å²) in [5.41, 5.74) is 0. The van der Waals surface area contributed by atoms with Crippen LogP contribution in [0.15, 0.2) is 24.3 Å². The van der Waals surface area contributed by atoms with E-state index in [1.807, 2.05) is 7.05 Å². The summed E-state index contributed by atoms with van der Waals surface area (Å²) in [5.74, 6) is 0.790. The number of rotatable bonds is 6. The second-order valence-electron chi connectivity index (χ2n) is 5.23. The molecule has 1 atom stereocenters. The van der Waals surface area contributed by atoms with Gasteiger partial charge in [-0.2, -0.15) is 0 Å². The first-order chi connectivity index (χ1) is 9.58. The van der Waals surface area contributed by atoms with Crippen molar-refractivity contribution in [1.29, 1.82) is 0 Å². The van der Waals surface area contributed by atoms with Crippen molar-refractivity contribution < 1.29 is 13.9 Å². The highest BCUT2D eigenvalue weighted by Gasteiger charge is 2.32. The van der Waals surface area contributed by atoms with Gasteiger partial charge in [-0.25, -0.2) is 9.18 Å². The molecule has 1 aromatic carbocycles. The van der Waals surface area contributed by atoms with E-state index in [0.29, 0.717) is 24.8 Å². The average Bonchev–Trinajstić information content (AvgIpc) is 3.26. The fourth-order valence-corrected chi connectivity index (χ4v) is 2.09. The Hall–Kier alpha value is -1.78. The molecule has 1 unspecified atom stereocenters. The summed E-state index contributed by atoms with van der Waals surface area (Å²) in [5, 5.41) is 2.80.